The van der Waals surface area contributed by atoms with Crippen LogP contribution in [0.5, 0.6) is 0 Å². The third-order valence-electron chi connectivity index (χ3n) is 3.56. The second-order valence-corrected chi connectivity index (χ2v) is 4.87. The van der Waals surface area contributed by atoms with E-state index in [1.54, 1.807) is 0 Å². The van der Waals surface area contributed by atoms with Gasteiger partial charge in [0.1, 0.15) is 0 Å². The van der Waals surface area contributed by atoms with Crippen LogP contribution in [0, 0.1) is 0 Å². The molecule has 0 saturated carbocycles. The van der Waals surface area contributed by atoms with Crippen LogP contribution in [0.4, 0.5) is 4.39 Å². The van der Waals surface area contributed by atoms with Gasteiger partial charge < -0.3 is 15.8 Å². The fourth-order valence-electron chi connectivity index (χ4n) is 2.70. The van der Waals surface area contributed by atoms with Gasteiger partial charge in [-0.25, -0.2) is 4.39 Å². The van der Waals surface area contributed by atoms with Gasteiger partial charge in [-0.15, -0.1) is 0 Å². The van der Waals surface area contributed by atoms with Crippen LogP contribution in [0.3, 0.4) is 0 Å². The molecule has 0 aliphatic carbocycles. The lowest BCUT2D eigenvalue weighted by Crippen LogP contribution is -2.41. The Morgan fingerprint density at radius 1 is 1.50 bits per heavy atom. The van der Waals surface area contributed by atoms with E-state index in [2.05, 4.69) is 5.32 Å². The Bertz CT molecular complexity index is 399. The summed E-state index contributed by atoms with van der Waals surface area (Å²) in [7, 11) is 1.54. The molecule has 3 nitrogen and oxygen atoms in total. The van der Waals surface area contributed by atoms with Gasteiger partial charge >= 0.3 is 0 Å². The van der Waals surface area contributed by atoms with Gasteiger partial charge in [-0.3, -0.25) is 0 Å². The van der Waals surface area contributed by atoms with E-state index >= 15 is 4.39 Å². The van der Waals surface area contributed by atoms with Gasteiger partial charge in [-0.2, -0.15) is 0 Å². The Balaban J connectivity index is 2.22. The van der Waals surface area contributed by atoms with Crippen LogP contribution in [-0.4, -0.2) is 25.9 Å². The quantitative estimate of drug-likeness (QED) is 0.813. The Morgan fingerprint density at radius 2 is 2.28 bits per heavy atom. The normalized spacial score (nSPS) is 21.6. The summed E-state index contributed by atoms with van der Waals surface area (Å²) in [5.41, 5.74) is 6.33. The van der Waals surface area contributed by atoms with Crippen molar-refractivity contribution in [3.63, 3.8) is 0 Å². The summed E-state index contributed by atoms with van der Waals surface area (Å²) in [4.78, 5) is 0. The maximum absolute atomic E-state index is 15.1. The van der Waals surface area contributed by atoms with Gasteiger partial charge in [-0.05, 0) is 30.5 Å². The average Bonchev–Trinajstić information content (AvgIpc) is 2.81. The molecule has 0 aromatic heterocycles. The maximum atomic E-state index is 15.1. The van der Waals surface area contributed by atoms with Crippen LogP contribution in [0.2, 0.25) is 0 Å². The molecule has 1 aromatic rings. The van der Waals surface area contributed by atoms with E-state index in [9.17, 15) is 0 Å². The first-order valence-corrected chi connectivity index (χ1v) is 6.40. The number of halogens is 1. The number of alkyl halides is 1. The first kappa shape index (κ1) is 13.5. The topological polar surface area (TPSA) is 47.3 Å². The largest absolute Gasteiger partial charge is 0.381 e. The number of fused-ring (bicyclic) bond motifs is 1. The van der Waals surface area contributed by atoms with Crippen molar-refractivity contribution in [2.24, 2.45) is 5.73 Å². The molecule has 2 atom stereocenters. The number of nitrogens with two attached hydrogens (primary N) is 1. The number of methoxy groups -OCH3 is 1. The zero-order chi connectivity index (χ0) is 13.0. The molecule has 1 aromatic carbocycles. The molecule has 0 bridgehead atoms. The van der Waals surface area contributed by atoms with Crippen LogP contribution in [0.1, 0.15) is 30.0 Å². The number of hydrogen-bond acceptors (Lipinski definition) is 3. The highest BCUT2D eigenvalue weighted by Crippen LogP contribution is 2.39. The molecular weight excluding hydrogens is 231 g/mol. The molecule has 0 fully saturated rings. The third kappa shape index (κ3) is 2.55. The summed E-state index contributed by atoms with van der Waals surface area (Å²) in [6, 6.07) is 7.68. The van der Waals surface area contributed by atoms with Gasteiger partial charge in [0.2, 0.25) is 0 Å². The van der Waals surface area contributed by atoms with Gasteiger partial charge in [0.15, 0.2) is 5.67 Å². The van der Waals surface area contributed by atoms with Crippen LogP contribution in [-0.2, 0) is 11.3 Å². The molecule has 3 N–H and O–H groups in total. The van der Waals surface area contributed by atoms with E-state index in [4.69, 9.17) is 10.5 Å². The van der Waals surface area contributed by atoms with Crippen LogP contribution >= 0.6 is 0 Å². The predicted octanol–water partition coefficient (Wildman–Crippen LogP) is 1.92. The van der Waals surface area contributed by atoms with E-state index in [0.717, 1.165) is 12.1 Å². The van der Waals surface area contributed by atoms with Gasteiger partial charge in [0, 0.05) is 13.7 Å². The molecule has 1 aliphatic heterocycles. The number of rotatable bonds is 6. The fourth-order valence-corrected chi connectivity index (χ4v) is 2.70. The summed E-state index contributed by atoms with van der Waals surface area (Å²) < 4.78 is 20.2. The van der Waals surface area contributed by atoms with Crippen LogP contribution < -0.4 is 11.1 Å². The second kappa shape index (κ2) is 5.78. The standard InChI is InChI=1S/C14H21FN2O/c1-18-10-14(15,7-4-8-16)13-12-6-3-2-5-11(12)9-17-13/h2-3,5-6,13,17H,4,7-10,16H2,1H3. The van der Waals surface area contributed by atoms with E-state index in [0.29, 0.717) is 19.4 Å². The van der Waals surface area contributed by atoms with Crippen LogP contribution in [0.25, 0.3) is 0 Å². The van der Waals surface area contributed by atoms with Gasteiger partial charge in [0.25, 0.3) is 0 Å². The molecule has 0 spiro atoms. The van der Waals surface area contributed by atoms with Crippen molar-refractivity contribution in [2.45, 2.75) is 31.1 Å². The van der Waals surface area contributed by atoms with Crippen molar-refractivity contribution >= 4 is 0 Å². The lowest BCUT2D eigenvalue weighted by Gasteiger charge is -2.31. The summed E-state index contributed by atoms with van der Waals surface area (Å²) in [5, 5.41) is 3.26. The Kier molecular flexibility index (Phi) is 4.32. The summed E-state index contributed by atoms with van der Waals surface area (Å²) >= 11 is 0. The predicted molar refractivity (Wildman–Crippen MR) is 70.0 cm³/mol. The highest BCUT2D eigenvalue weighted by Gasteiger charge is 2.42. The summed E-state index contributed by atoms with van der Waals surface area (Å²) in [5.74, 6) is 0. The first-order chi connectivity index (χ1) is 8.71. The van der Waals surface area contributed by atoms with Crippen LogP contribution in [0.15, 0.2) is 24.3 Å². The van der Waals surface area contributed by atoms with E-state index in [-0.39, 0.29) is 12.6 Å². The molecule has 2 rings (SSSR count). The average molecular weight is 252 g/mol. The summed E-state index contributed by atoms with van der Waals surface area (Å²) in [6.45, 7) is 1.32. The zero-order valence-electron chi connectivity index (χ0n) is 10.8. The fraction of sp³-hybridized carbons (Fsp3) is 0.571. The maximum Gasteiger partial charge on any atom is 0.153 e. The molecule has 0 saturated heterocycles. The molecular formula is C14H21FN2O. The SMILES string of the molecule is COCC(F)(CCCN)C1NCc2ccccc21. The number of benzene rings is 1. The molecule has 1 aliphatic rings. The van der Waals surface area contributed by atoms with E-state index < -0.39 is 5.67 Å². The number of nitrogens with one attached hydrogen (secondary N) is 1. The zero-order valence-corrected chi connectivity index (χ0v) is 10.8. The minimum atomic E-state index is -1.39. The van der Waals surface area contributed by atoms with Crippen molar-refractivity contribution in [2.75, 3.05) is 20.3 Å². The molecule has 2 unspecified atom stereocenters. The Hall–Kier alpha value is -0.970. The highest BCUT2D eigenvalue weighted by molar-refractivity contribution is 5.36. The smallest absolute Gasteiger partial charge is 0.153 e. The second-order valence-electron chi connectivity index (χ2n) is 4.87. The Labute approximate surface area is 108 Å². The lowest BCUT2D eigenvalue weighted by atomic mass is 9.87. The molecule has 100 valence electrons. The number of hydrogen-bond donors (Lipinski definition) is 2. The van der Waals surface area contributed by atoms with Gasteiger partial charge in [0.05, 0.1) is 12.6 Å². The van der Waals surface area contributed by atoms with Crippen molar-refractivity contribution in [1.82, 2.24) is 5.32 Å². The minimum Gasteiger partial charge on any atom is -0.381 e. The van der Waals surface area contributed by atoms with E-state index in [1.807, 2.05) is 24.3 Å². The number of ether oxygens (including phenoxy) is 1. The third-order valence-corrected chi connectivity index (χ3v) is 3.56. The first-order valence-electron chi connectivity index (χ1n) is 6.40. The Morgan fingerprint density at radius 3 is 3.00 bits per heavy atom. The minimum absolute atomic E-state index is 0.0962. The monoisotopic (exact) mass is 252 g/mol. The molecule has 18 heavy (non-hydrogen) atoms. The highest BCUT2D eigenvalue weighted by atomic mass is 19.1. The van der Waals surface area contributed by atoms with Crippen molar-refractivity contribution in [1.29, 1.82) is 0 Å². The van der Waals surface area contributed by atoms with E-state index in [1.165, 1.54) is 12.7 Å². The van der Waals surface area contributed by atoms with Crippen molar-refractivity contribution in [3.05, 3.63) is 35.4 Å². The summed E-state index contributed by atoms with van der Waals surface area (Å²) in [6.07, 6.45) is 1.09. The van der Waals surface area contributed by atoms with Gasteiger partial charge in [-0.1, -0.05) is 24.3 Å². The lowest BCUT2D eigenvalue weighted by molar-refractivity contribution is 0.00535. The van der Waals surface area contributed by atoms with Crippen molar-refractivity contribution < 1.29 is 9.13 Å². The molecule has 0 radical (unpaired) electrons. The van der Waals surface area contributed by atoms with Crippen molar-refractivity contribution in [3.8, 4) is 0 Å². The molecule has 4 heteroatoms. The molecule has 1 heterocycles. The molecule has 0 amide bonds.